The van der Waals surface area contributed by atoms with Crippen LogP contribution in [0.4, 0.5) is 14.5 Å². The molecule has 0 fully saturated rings. The third-order valence-electron chi connectivity index (χ3n) is 2.92. The third-order valence-corrected chi connectivity index (χ3v) is 4.14. The number of thioether (sulfide) groups is 1. The number of para-hydroxylation sites is 1. The molecule has 0 heterocycles. The first-order valence-corrected chi connectivity index (χ1v) is 7.53. The molecule has 2 nitrogen and oxygen atoms in total. The molecule has 0 aliphatic heterocycles. The maximum Gasteiger partial charge on any atom is 0.237 e. The van der Waals surface area contributed by atoms with Crippen molar-refractivity contribution < 1.29 is 13.6 Å². The highest BCUT2D eigenvalue weighted by Crippen LogP contribution is 2.22. The first-order valence-electron chi connectivity index (χ1n) is 6.48. The second-order valence-electron chi connectivity index (χ2n) is 4.52. The van der Waals surface area contributed by atoms with Gasteiger partial charge in [-0.2, -0.15) is 0 Å². The van der Waals surface area contributed by atoms with Gasteiger partial charge >= 0.3 is 0 Å². The van der Waals surface area contributed by atoms with E-state index in [1.807, 2.05) is 30.3 Å². The number of benzene rings is 2. The van der Waals surface area contributed by atoms with E-state index in [9.17, 15) is 13.6 Å². The van der Waals surface area contributed by atoms with Crippen LogP contribution < -0.4 is 5.32 Å². The van der Waals surface area contributed by atoms with Crippen molar-refractivity contribution in [2.75, 3.05) is 5.32 Å². The van der Waals surface area contributed by atoms with E-state index in [0.717, 1.165) is 17.7 Å². The van der Waals surface area contributed by atoms with Gasteiger partial charge in [-0.1, -0.05) is 36.4 Å². The van der Waals surface area contributed by atoms with Crippen molar-refractivity contribution in [3.8, 4) is 0 Å². The van der Waals surface area contributed by atoms with Gasteiger partial charge < -0.3 is 5.32 Å². The lowest BCUT2D eigenvalue weighted by Crippen LogP contribution is -2.23. The molecular weight excluding hydrogens is 292 g/mol. The number of hydrogen-bond donors (Lipinski definition) is 1. The molecule has 0 unspecified atom stereocenters. The van der Waals surface area contributed by atoms with E-state index < -0.39 is 28.5 Å². The van der Waals surface area contributed by atoms with Crippen LogP contribution in [-0.4, -0.2) is 11.2 Å². The molecule has 0 saturated heterocycles. The fourth-order valence-corrected chi connectivity index (χ4v) is 2.56. The summed E-state index contributed by atoms with van der Waals surface area (Å²) < 4.78 is 26.9. The van der Waals surface area contributed by atoms with Gasteiger partial charge in [0.2, 0.25) is 5.91 Å². The summed E-state index contributed by atoms with van der Waals surface area (Å²) in [7, 11) is 0. The minimum Gasteiger partial charge on any atom is -0.320 e. The zero-order valence-electron chi connectivity index (χ0n) is 11.5. The molecule has 2 rings (SSSR count). The maximum absolute atomic E-state index is 13.5. The van der Waals surface area contributed by atoms with Crippen molar-refractivity contribution in [3.63, 3.8) is 0 Å². The predicted octanol–water partition coefficient (Wildman–Crippen LogP) is 4.23. The molecule has 0 spiro atoms. The standard InChI is InChI=1S/C16H15F2NOS/c1-11(21-10-12-6-3-2-4-7-12)16(20)19-15-13(17)8-5-9-14(15)18/h2-9,11H,10H2,1H3,(H,19,20)/t11-/m1/s1. The van der Waals surface area contributed by atoms with Crippen LogP contribution in [0.3, 0.4) is 0 Å². The Morgan fingerprint density at radius 3 is 2.33 bits per heavy atom. The Labute approximate surface area is 126 Å². The lowest BCUT2D eigenvalue weighted by Gasteiger charge is -2.13. The number of nitrogens with one attached hydrogen (secondary N) is 1. The van der Waals surface area contributed by atoms with Crippen LogP contribution in [0.1, 0.15) is 12.5 Å². The summed E-state index contributed by atoms with van der Waals surface area (Å²) in [6.45, 7) is 1.71. The van der Waals surface area contributed by atoms with E-state index in [2.05, 4.69) is 5.32 Å². The molecule has 0 bridgehead atoms. The Hall–Kier alpha value is -1.88. The number of halogens is 2. The number of carbonyl (C=O) groups is 1. The minimum atomic E-state index is -0.774. The predicted molar refractivity (Wildman–Crippen MR) is 82.2 cm³/mol. The van der Waals surface area contributed by atoms with Gasteiger partial charge in [-0.25, -0.2) is 8.78 Å². The Bertz CT molecular complexity index is 599. The smallest absolute Gasteiger partial charge is 0.237 e. The zero-order chi connectivity index (χ0) is 15.2. The zero-order valence-corrected chi connectivity index (χ0v) is 12.3. The summed E-state index contributed by atoms with van der Waals surface area (Å²) in [4.78, 5) is 12.0. The van der Waals surface area contributed by atoms with Crippen molar-refractivity contribution in [1.82, 2.24) is 0 Å². The molecule has 1 amide bonds. The van der Waals surface area contributed by atoms with Crippen LogP contribution in [0, 0.1) is 11.6 Å². The van der Waals surface area contributed by atoms with Gasteiger partial charge in [0, 0.05) is 5.75 Å². The summed E-state index contributed by atoms with van der Waals surface area (Å²) in [6, 6.07) is 13.2. The van der Waals surface area contributed by atoms with Crippen LogP contribution in [0.5, 0.6) is 0 Å². The van der Waals surface area contributed by atoms with Gasteiger partial charge in [0.1, 0.15) is 17.3 Å². The molecule has 0 radical (unpaired) electrons. The lowest BCUT2D eigenvalue weighted by atomic mass is 10.2. The quantitative estimate of drug-likeness (QED) is 0.896. The summed E-state index contributed by atoms with van der Waals surface area (Å²) >= 11 is 1.41. The molecule has 21 heavy (non-hydrogen) atoms. The fraction of sp³-hybridized carbons (Fsp3) is 0.188. The highest BCUT2D eigenvalue weighted by Gasteiger charge is 2.17. The van der Waals surface area contributed by atoms with Crippen molar-refractivity contribution in [2.24, 2.45) is 0 Å². The molecule has 0 aliphatic carbocycles. The van der Waals surface area contributed by atoms with Gasteiger partial charge in [0.15, 0.2) is 0 Å². The second-order valence-corrected chi connectivity index (χ2v) is 5.85. The average Bonchev–Trinajstić information content (AvgIpc) is 2.49. The van der Waals surface area contributed by atoms with Gasteiger partial charge in [0.05, 0.1) is 5.25 Å². The van der Waals surface area contributed by atoms with Gasteiger partial charge in [-0.15, -0.1) is 11.8 Å². The first-order chi connectivity index (χ1) is 10.1. The van der Waals surface area contributed by atoms with Gasteiger partial charge in [0.25, 0.3) is 0 Å². The SMILES string of the molecule is C[C@@H](SCc1ccccc1)C(=O)Nc1c(F)cccc1F. The summed E-state index contributed by atoms with van der Waals surface area (Å²) in [5, 5.41) is 1.89. The molecule has 1 N–H and O–H groups in total. The summed E-state index contributed by atoms with van der Waals surface area (Å²) in [6.07, 6.45) is 0. The molecule has 2 aromatic rings. The average molecular weight is 307 g/mol. The number of amides is 1. The third kappa shape index (κ3) is 4.29. The molecule has 5 heteroatoms. The minimum absolute atomic E-state index is 0.394. The molecule has 1 atom stereocenters. The Morgan fingerprint density at radius 1 is 1.10 bits per heavy atom. The van der Waals surface area contributed by atoms with E-state index in [0.29, 0.717) is 5.75 Å². The normalized spacial score (nSPS) is 12.0. The number of rotatable bonds is 5. The number of hydrogen-bond acceptors (Lipinski definition) is 2. The Kier molecular flexibility index (Phi) is 5.33. The fourth-order valence-electron chi connectivity index (χ4n) is 1.71. The van der Waals surface area contributed by atoms with E-state index in [4.69, 9.17) is 0 Å². The molecule has 2 aromatic carbocycles. The molecule has 0 saturated carbocycles. The first kappa shape index (κ1) is 15.5. The highest BCUT2D eigenvalue weighted by molar-refractivity contribution is 7.99. The van der Waals surface area contributed by atoms with Crippen molar-refractivity contribution in [2.45, 2.75) is 17.9 Å². The largest absolute Gasteiger partial charge is 0.320 e. The Balaban J connectivity index is 1.94. The Morgan fingerprint density at radius 2 is 1.71 bits per heavy atom. The number of anilines is 1. The van der Waals surface area contributed by atoms with Crippen molar-refractivity contribution in [1.29, 1.82) is 0 Å². The van der Waals surface area contributed by atoms with E-state index in [-0.39, 0.29) is 0 Å². The van der Waals surface area contributed by atoms with Crippen molar-refractivity contribution in [3.05, 3.63) is 65.7 Å². The van der Waals surface area contributed by atoms with E-state index in [1.54, 1.807) is 6.92 Å². The van der Waals surface area contributed by atoms with Crippen LogP contribution in [-0.2, 0) is 10.5 Å². The van der Waals surface area contributed by atoms with Gasteiger partial charge in [-0.05, 0) is 24.6 Å². The second kappa shape index (κ2) is 7.22. The van der Waals surface area contributed by atoms with E-state index >= 15 is 0 Å². The van der Waals surface area contributed by atoms with Crippen LogP contribution in [0.2, 0.25) is 0 Å². The monoisotopic (exact) mass is 307 g/mol. The van der Waals surface area contributed by atoms with Crippen molar-refractivity contribution >= 4 is 23.4 Å². The molecule has 110 valence electrons. The van der Waals surface area contributed by atoms with Crippen LogP contribution in [0.25, 0.3) is 0 Å². The molecular formula is C16H15F2NOS. The highest BCUT2D eigenvalue weighted by atomic mass is 32.2. The van der Waals surface area contributed by atoms with Gasteiger partial charge in [-0.3, -0.25) is 4.79 Å². The number of carbonyl (C=O) groups excluding carboxylic acids is 1. The van der Waals surface area contributed by atoms with Crippen LogP contribution >= 0.6 is 11.8 Å². The molecule has 0 aliphatic rings. The van der Waals surface area contributed by atoms with Crippen LogP contribution in [0.15, 0.2) is 48.5 Å². The topological polar surface area (TPSA) is 29.1 Å². The maximum atomic E-state index is 13.5. The summed E-state index contributed by atoms with van der Waals surface area (Å²) in [5.41, 5.74) is 0.703. The molecule has 0 aromatic heterocycles. The summed E-state index contributed by atoms with van der Waals surface area (Å²) in [5.74, 6) is -1.30. The lowest BCUT2D eigenvalue weighted by molar-refractivity contribution is -0.115. The van der Waals surface area contributed by atoms with E-state index in [1.165, 1.54) is 17.8 Å².